The molecule has 0 unspecified atom stereocenters. The third kappa shape index (κ3) is 5.67. The van der Waals surface area contributed by atoms with E-state index in [0.29, 0.717) is 0 Å². The molecule has 0 amide bonds. The molecule has 1 N–H and O–H groups in total. The van der Waals surface area contributed by atoms with Gasteiger partial charge in [-0.1, -0.05) is 6.92 Å². The van der Waals surface area contributed by atoms with E-state index < -0.39 is 8.80 Å². The molecule has 0 aliphatic carbocycles. The normalized spacial score (nSPS) is 10.5. The van der Waals surface area contributed by atoms with E-state index in [-0.39, 0.29) is 0 Å². The molecule has 0 heterocycles. The Kier molecular flexibility index (Phi) is 11.1. The van der Waals surface area contributed by atoms with Crippen molar-refractivity contribution in [1.82, 2.24) is 5.32 Å². The molecule has 0 aliphatic heterocycles. The summed E-state index contributed by atoms with van der Waals surface area (Å²) in [6.45, 7) is 1.99. The lowest BCUT2D eigenvalue weighted by Gasteiger charge is -2.22. The number of nitrogens with one attached hydrogen (secondary N) is 1. The molecule has 12 heavy (non-hydrogen) atoms. The first-order valence-corrected chi connectivity index (χ1v) is 5.83. The topological polar surface area (TPSA) is 39.7 Å². The van der Waals surface area contributed by atoms with Crippen LogP contribution in [0.15, 0.2) is 0 Å². The Morgan fingerprint density at radius 1 is 1.00 bits per heavy atom. The summed E-state index contributed by atoms with van der Waals surface area (Å²) in [5.74, 6) is 0. The van der Waals surface area contributed by atoms with Gasteiger partial charge in [0.2, 0.25) is 0 Å². The molecule has 0 aliphatic rings. The fraction of sp³-hybridized carbons (Fsp3) is 1.00. The van der Waals surface area contributed by atoms with Crippen molar-refractivity contribution in [3.63, 3.8) is 0 Å². The molecule has 0 saturated heterocycles. The lowest BCUT2D eigenvalue weighted by atomic mass is 11.0. The molecule has 0 rings (SSSR count). The highest BCUT2D eigenvalue weighted by atomic mass is 28.4. The van der Waals surface area contributed by atoms with Crippen molar-refractivity contribution in [3.8, 4) is 0 Å². The zero-order chi connectivity index (χ0) is 10.0. The largest absolute Gasteiger partial charge is 0.499 e. The van der Waals surface area contributed by atoms with Gasteiger partial charge in [-0.2, -0.15) is 0 Å². The van der Waals surface area contributed by atoms with Gasteiger partial charge in [-0.15, -0.1) is 0 Å². The average molecular weight is 195 g/mol. The van der Waals surface area contributed by atoms with Crippen LogP contribution in [0.5, 0.6) is 0 Å². The van der Waals surface area contributed by atoms with Crippen LogP contribution in [0.1, 0.15) is 6.92 Å². The first-order chi connectivity index (χ1) is 5.66. The zero-order valence-electron chi connectivity index (χ0n) is 8.93. The van der Waals surface area contributed by atoms with Crippen LogP contribution in [-0.2, 0) is 13.3 Å². The SMILES string of the molecule is CC[Si](OC)(OC)OC.CNC. The van der Waals surface area contributed by atoms with Gasteiger partial charge in [0.1, 0.15) is 0 Å². The van der Waals surface area contributed by atoms with Gasteiger partial charge in [0.05, 0.1) is 0 Å². The maximum atomic E-state index is 5.08. The molecular formula is C7H21NO3Si. The van der Waals surface area contributed by atoms with Gasteiger partial charge in [0.15, 0.2) is 0 Å². The van der Waals surface area contributed by atoms with Crippen LogP contribution in [0, 0.1) is 0 Å². The van der Waals surface area contributed by atoms with E-state index in [0.717, 1.165) is 6.04 Å². The van der Waals surface area contributed by atoms with Crippen molar-refractivity contribution >= 4 is 8.80 Å². The van der Waals surface area contributed by atoms with E-state index in [4.69, 9.17) is 13.3 Å². The van der Waals surface area contributed by atoms with Crippen LogP contribution in [0.4, 0.5) is 0 Å². The van der Waals surface area contributed by atoms with E-state index in [1.54, 1.807) is 21.3 Å². The maximum Gasteiger partial charge on any atom is 0.499 e. The molecule has 5 heteroatoms. The molecule has 0 saturated carbocycles. The van der Waals surface area contributed by atoms with Gasteiger partial charge in [0, 0.05) is 27.4 Å². The fourth-order valence-electron chi connectivity index (χ4n) is 0.683. The predicted octanol–water partition coefficient (Wildman–Crippen LogP) is 0.720. The van der Waals surface area contributed by atoms with Crippen LogP contribution in [0.2, 0.25) is 6.04 Å². The summed E-state index contributed by atoms with van der Waals surface area (Å²) in [6, 6.07) is 0.816. The molecule has 0 bridgehead atoms. The second-order valence-electron chi connectivity index (χ2n) is 2.15. The number of rotatable bonds is 4. The summed E-state index contributed by atoms with van der Waals surface area (Å²) < 4.78 is 15.2. The maximum absolute atomic E-state index is 5.08. The zero-order valence-corrected chi connectivity index (χ0v) is 9.93. The van der Waals surface area contributed by atoms with Crippen LogP contribution in [-0.4, -0.2) is 44.2 Å². The second kappa shape index (κ2) is 9.15. The summed E-state index contributed by atoms with van der Waals surface area (Å²) in [7, 11) is 6.40. The highest BCUT2D eigenvalue weighted by Crippen LogP contribution is 2.10. The van der Waals surface area contributed by atoms with E-state index in [2.05, 4.69) is 5.32 Å². The fourth-order valence-corrected chi connectivity index (χ4v) is 2.05. The van der Waals surface area contributed by atoms with Crippen molar-refractivity contribution in [2.75, 3.05) is 35.4 Å². The number of hydrogen-bond acceptors (Lipinski definition) is 4. The summed E-state index contributed by atoms with van der Waals surface area (Å²) in [4.78, 5) is 0. The third-order valence-corrected chi connectivity index (χ3v) is 4.10. The quantitative estimate of drug-likeness (QED) is 0.671. The van der Waals surface area contributed by atoms with Crippen LogP contribution < -0.4 is 5.32 Å². The van der Waals surface area contributed by atoms with Gasteiger partial charge in [-0.05, 0) is 14.1 Å². The van der Waals surface area contributed by atoms with Crippen molar-refractivity contribution in [2.24, 2.45) is 0 Å². The Hall–Kier alpha value is 0.0569. The Balaban J connectivity index is 0. The number of hydrogen-bond donors (Lipinski definition) is 1. The minimum atomic E-state index is -2.19. The molecule has 0 aromatic rings. The van der Waals surface area contributed by atoms with Gasteiger partial charge in [0.25, 0.3) is 0 Å². The first-order valence-electron chi connectivity index (χ1n) is 3.90. The molecule has 76 valence electrons. The molecule has 0 radical (unpaired) electrons. The van der Waals surface area contributed by atoms with E-state index in [1.165, 1.54) is 0 Å². The molecule has 0 aromatic carbocycles. The molecule has 0 fully saturated rings. The van der Waals surface area contributed by atoms with Gasteiger partial charge < -0.3 is 18.6 Å². The molecule has 0 spiro atoms. The first kappa shape index (κ1) is 14.6. The molecular weight excluding hydrogens is 174 g/mol. The third-order valence-electron chi connectivity index (χ3n) is 1.37. The monoisotopic (exact) mass is 195 g/mol. The Labute approximate surface area is 76.6 Å². The summed E-state index contributed by atoms with van der Waals surface area (Å²) in [5.41, 5.74) is 0. The van der Waals surface area contributed by atoms with E-state index >= 15 is 0 Å². The lowest BCUT2D eigenvalue weighted by Crippen LogP contribution is -2.41. The van der Waals surface area contributed by atoms with Crippen molar-refractivity contribution < 1.29 is 13.3 Å². The minimum Gasteiger partial charge on any atom is -0.377 e. The Bertz CT molecular complexity index is 71.2. The van der Waals surface area contributed by atoms with Crippen LogP contribution in [0.3, 0.4) is 0 Å². The minimum absolute atomic E-state index is 0.816. The molecule has 4 nitrogen and oxygen atoms in total. The smallest absolute Gasteiger partial charge is 0.377 e. The van der Waals surface area contributed by atoms with E-state index in [9.17, 15) is 0 Å². The van der Waals surface area contributed by atoms with Gasteiger partial charge in [-0.25, -0.2) is 0 Å². The van der Waals surface area contributed by atoms with Crippen LogP contribution >= 0.6 is 0 Å². The standard InChI is InChI=1S/C5H14O3Si.C2H7N/c1-5-9(6-2,7-3)8-4;1-3-2/h5H2,1-4H3;3H,1-2H3. The van der Waals surface area contributed by atoms with Crippen molar-refractivity contribution in [3.05, 3.63) is 0 Å². The Morgan fingerprint density at radius 2 is 1.25 bits per heavy atom. The van der Waals surface area contributed by atoms with Gasteiger partial charge in [-0.3, -0.25) is 0 Å². The van der Waals surface area contributed by atoms with Crippen molar-refractivity contribution in [1.29, 1.82) is 0 Å². The predicted molar refractivity (Wildman–Crippen MR) is 52.2 cm³/mol. The van der Waals surface area contributed by atoms with Gasteiger partial charge >= 0.3 is 8.80 Å². The van der Waals surface area contributed by atoms with Crippen molar-refractivity contribution in [2.45, 2.75) is 13.0 Å². The summed E-state index contributed by atoms with van der Waals surface area (Å²) in [5, 5.41) is 2.75. The second-order valence-corrected chi connectivity index (χ2v) is 5.45. The lowest BCUT2D eigenvalue weighted by molar-refractivity contribution is 0.125. The highest BCUT2D eigenvalue weighted by molar-refractivity contribution is 6.60. The Morgan fingerprint density at radius 3 is 1.25 bits per heavy atom. The summed E-state index contributed by atoms with van der Waals surface area (Å²) >= 11 is 0. The molecule has 0 atom stereocenters. The summed E-state index contributed by atoms with van der Waals surface area (Å²) in [6.07, 6.45) is 0. The molecule has 0 aromatic heterocycles. The highest BCUT2D eigenvalue weighted by Gasteiger charge is 2.34. The average Bonchev–Trinajstić information content (AvgIpc) is 2.11. The van der Waals surface area contributed by atoms with Crippen LogP contribution in [0.25, 0.3) is 0 Å². The van der Waals surface area contributed by atoms with E-state index in [1.807, 2.05) is 21.0 Å².